The molecular weight excluding hydrogens is 214 g/mol. The lowest BCUT2D eigenvalue weighted by atomic mass is 10.1. The Morgan fingerprint density at radius 1 is 1.06 bits per heavy atom. The number of rotatable bonds is 3. The maximum atomic E-state index is 11.3. The van der Waals surface area contributed by atoms with E-state index in [1.54, 1.807) is 18.2 Å². The minimum Gasteiger partial charge on any atom is -0.399 e. The van der Waals surface area contributed by atoms with Crippen molar-refractivity contribution in [3.05, 3.63) is 54.1 Å². The van der Waals surface area contributed by atoms with E-state index in [0.717, 1.165) is 5.69 Å². The highest BCUT2D eigenvalue weighted by Gasteiger charge is 2.08. The van der Waals surface area contributed by atoms with Gasteiger partial charge in [-0.2, -0.15) is 0 Å². The predicted molar refractivity (Wildman–Crippen MR) is 69.1 cm³/mol. The van der Waals surface area contributed by atoms with Crippen LogP contribution in [0.3, 0.4) is 0 Å². The summed E-state index contributed by atoms with van der Waals surface area (Å²) < 4.78 is 0. The molecule has 0 saturated heterocycles. The molecule has 0 aliphatic heterocycles. The first-order valence-corrected chi connectivity index (χ1v) is 5.18. The molecule has 2 aromatic rings. The number of benzene rings is 2. The smallest absolute Gasteiger partial charge is 0.250 e. The number of nitrogen functional groups attached to an aromatic ring is 1. The van der Waals surface area contributed by atoms with Crippen LogP contribution in [0.15, 0.2) is 48.5 Å². The Bertz CT molecular complexity index is 538. The van der Waals surface area contributed by atoms with E-state index in [9.17, 15) is 4.79 Å². The summed E-state index contributed by atoms with van der Waals surface area (Å²) in [6, 6.07) is 14.5. The summed E-state index contributed by atoms with van der Waals surface area (Å²) in [6.07, 6.45) is 0. The summed E-state index contributed by atoms with van der Waals surface area (Å²) in [5.74, 6) is -0.483. The Balaban J connectivity index is 2.37. The van der Waals surface area contributed by atoms with Gasteiger partial charge in [-0.25, -0.2) is 0 Å². The molecule has 2 aromatic carbocycles. The van der Waals surface area contributed by atoms with E-state index >= 15 is 0 Å². The number of amides is 1. The van der Waals surface area contributed by atoms with Crippen LogP contribution in [0.2, 0.25) is 0 Å². The van der Waals surface area contributed by atoms with Crippen molar-refractivity contribution in [3.63, 3.8) is 0 Å². The lowest BCUT2D eigenvalue weighted by molar-refractivity contribution is 0.100. The Morgan fingerprint density at radius 2 is 1.76 bits per heavy atom. The van der Waals surface area contributed by atoms with Crippen LogP contribution in [0.4, 0.5) is 17.1 Å². The van der Waals surface area contributed by atoms with Crippen molar-refractivity contribution < 1.29 is 4.79 Å². The number of carbonyl (C=O) groups excluding carboxylic acids is 1. The minimum atomic E-state index is -0.483. The molecule has 0 unspecified atom stereocenters. The molecule has 17 heavy (non-hydrogen) atoms. The summed E-state index contributed by atoms with van der Waals surface area (Å²) in [6.45, 7) is 0. The average molecular weight is 227 g/mol. The molecule has 0 saturated carbocycles. The monoisotopic (exact) mass is 227 g/mol. The number of primary amides is 1. The van der Waals surface area contributed by atoms with Crippen LogP contribution in [0.25, 0.3) is 0 Å². The number of hydrogen-bond acceptors (Lipinski definition) is 3. The minimum absolute atomic E-state index is 0.419. The number of hydrogen-bond donors (Lipinski definition) is 3. The van der Waals surface area contributed by atoms with Crippen LogP contribution >= 0.6 is 0 Å². The maximum absolute atomic E-state index is 11.3. The van der Waals surface area contributed by atoms with Gasteiger partial charge in [-0.05, 0) is 30.3 Å². The normalized spacial score (nSPS) is 9.88. The van der Waals surface area contributed by atoms with Crippen molar-refractivity contribution in [2.75, 3.05) is 11.1 Å². The molecule has 0 bridgehead atoms. The van der Waals surface area contributed by atoms with Crippen LogP contribution in [-0.4, -0.2) is 5.91 Å². The van der Waals surface area contributed by atoms with E-state index in [-0.39, 0.29) is 0 Å². The second-order valence-corrected chi connectivity index (χ2v) is 3.66. The van der Waals surface area contributed by atoms with Gasteiger partial charge in [0.2, 0.25) is 0 Å². The van der Waals surface area contributed by atoms with Crippen LogP contribution in [0.5, 0.6) is 0 Å². The molecule has 1 amide bonds. The summed E-state index contributed by atoms with van der Waals surface area (Å²) >= 11 is 0. The third kappa shape index (κ3) is 2.55. The predicted octanol–water partition coefficient (Wildman–Crippen LogP) is 2.11. The molecule has 0 aliphatic rings. The fraction of sp³-hybridized carbons (Fsp3) is 0. The topological polar surface area (TPSA) is 81.1 Å². The second-order valence-electron chi connectivity index (χ2n) is 3.66. The Morgan fingerprint density at radius 3 is 2.41 bits per heavy atom. The maximum Gasteiger partial charge on any atom is 0.250 e. The number of nitrogens with one attached hydrogen (secondary N) is 1. The average Bonchev–Trinajstić information content (AvgIpc) is 2.30. The van der Waals surface area contributed by atoms with Crippen LogP contribution in [0.1, 0.15) is 10.4 Å². The van der Waals surface area contributed by atoms with Crippen molar-refractivity contribution in [2.24, 2.45) is 5.73 Å². The number of carbonyl (C=O) groups is 1. The van der Waals surface area contributed by atoms with Crippen molar-refractivity contribution in [1.82, 2.24) is 0 Å². The summed E-state index contributed by atoms with van der Waals surface area (Å²) in [4.78, 5) is 11.3. The molecule has 0 aliphatic carbocycles. The Kier molecular flexibility index (Phi) is 2.96. The van der Waals surface area contributed by atoms with E-state index in [1.165, 1.54) is 0 Å². The fourth-order valence-electron chi connectivity index (χ4n) is 1.56. The van der Waals surface area contributed by atoms with Gasteiger partial charge >= 0.3 is 0 Å². The molecule has 0 heterocycles. The molecule has 0 fully saturated rings. The van der Waals surface area contributed by atoms with Crippen LogP contribution in [-0.2, 0) is 0 Å². The summed E-state index contributed by atoms with van der Waals surface area (Å²) in [7, 11) is 0. The number of anilines is 3. The molecule has 86 valence electrons. The van der Waals surface area contributed by atoms with E-state index in [1.807, 2.05) is 30.3 Å². The van der Waals surface area contributed by atoms with Gasteiger partial charge in [-0.15, -0.1) is 0 Å². The number of nitrogens with two attached hydrogens (primary N) is 2. The summed E-state index contributed by atoms with van der Waals surface area (Å²) in [5, 5.41) is 3.11. The largest absolute Gasteiger partial charge is 0.399 e. The van der Waals surface area contributed by atoms with Gasteiger partial charge in [-0.1, -0.05) is 18.2 Å². The zero-order valence-electron chi connectivity index (χ0n) is 9.18. The van der Waals surface area contributed by atoms with E-state index in [0.29, 0.717) is 16.9 Å². The Hall–Kier alpha value is -2.49. The Labute approximate surface area is 99.2 Å². The molecule has 4 nitrogen and oxygen atoms in total. The second kappa shape index (κ2) is 4.57. The van der Waals surface area contributed by atoms with Gasteiger partial charge < -0.3 is 16.8 Å². The highest BCUT2D eigenvalue weighted by atomic mass is 16.1. The standard InChI is InChI=1S/C13H13N3O/c14-9-6-7-11(13(15)17)12(8-9)16-10-4-2-1-3-5-10/h1-8,16H,14H2,(H2,15,17). The van der Waals surface area contributed by atoms with Crippen molar-refractivity contribution >= 4 is 23.0 Å². The third-order valence-corrected chi connectivity index (χ3v) is 2.36. The summed E-state index contributed by atoms with van der Waals surface area (Å²) in [5.41, 5.74) is 13.5. The first-order valence-electron chi connectivity index (χ1n) is 5.18. The van der Waals surface area contributed by atoms with Gasteiger partial charge in [0.25, 0.3) is 5.91 Å². The molecule has 2 rings (SSSR count). The first kappa shape index (κ1) is 11.0. The van der Waals surface area contributed by atoms with Crippen LogP contribution in [0, 0.1) is 0 Å². The van der Waals surface area contributed by atoms with Gasteiger partial charge in [0.1, 0.15) is 0 Å². The zero-order chi connectivity index (χ0) is 12.3. The lowest BCUT2D eigenvalue weighted by Crippen LogP contribution is -2.13. The van der Waals surface area contributed by atoms with Crippen molar-refractivity contribution in [3.8, 4) is 0 Å². The van der Waals surface area contributed by atoms with Crippen LogP contribution < -0.4 is 16.8 Å². The van der Waals surface area contributed by atoms with Gasteiger partial charge in [0.15, 0.2) is 0 Å². The quantitative estimate of drug-likeness (QED) is 0.702. The molecule has 4 heteroatoms. The highest BCUT2D eigenvalue weighted by Crippen LogP contribution is 2.23. The first-order chi connectivity index (χ1) is 8.16. The highest BCUT2D eigenvalue weighted by molar-refractivity contribution is 5.99. The molecule has 0 atom stereocenters. The molecule has 5 N–H and O–H groups in total. The number of para-hydroxylation sites is 1. The molecule has 0 spiro atoms. The molecule has 0 aromatic heterocycles. The van der Waals surface area contributed by atoms with E-state index < -0.39 is 5.91 Å². The van der Waals surface area contributed by atoms with Gasteiger partial charge in [0, 0.05) is 11.4 Å². The van der Waals surface area contributed by atoms with E-state index in [2.05, 4.69) is 5.32 Å². The third-order valence-electron chi connectivity index (χ3n) is 2.36. The molecular formula is C13H13N3O. The zero-order valence-corrected chi connectivity index (χ0v) is 9.18. The van der Waals surface area contributed by atoms with Gasteiger partial charge in [0.05, 0.1) is 11.3 Å². The van der Waals surface area contributed by atoms with E-state index in [4.69, 9.17) is 11.5 Å². The molecule has 0 radical (unpaired) electrons. The van der Waals surface area contributed by atoms with Gasteiger partial charge in [-0.3, -0.25) is 4.79 Å². The fourth-order valence-corrected chi connectivity index (χ4v) is 1.56. The van der Waals surface area contributed by atoms with Crippen molar-refractivity contribution in [1.29, 1.82) is 0 Å². The lowest BCUT2D eigenvalue weighted by Gasteiger charge is -2.10. The SMILES string of the molecule is NC(=O)c1ccc(N)cc1Nc1ccccc1. The van der Waals surface area contributed by atoms with Crippen molar-refractivity contribution in [2.45, 2.75) is 0 Å².